The van der Waals surface area contributed by atoms with Gasteiger partial charge < -0.3 is 15.0 Å². The van der Waals surface area contributed by atoms with Crippen LogP contribution < -0.4 is 5.32 Å². The second-order valence-corrected chi connectivity index (χ2v) is 5.76. The van der Waals surface area contributed by atoms with E-state index in [1.165, 1.54) is 6.92 Å². The van der Waals surface area contributed by atoms with Crippen molar-refractivity contribution in [2.45, 2.75) is 44.7 Å². The predicted octanol–water partition coefficient (Wildman–Crippen LogP) is 1.17. The number of ketones is 1. The van der Waals surface area contributed by atoms with Gasteiger partial charge in [-0.25, -0.2) is 8.78 Å². The van der Waals surface area contributed by atoms with Crippen molar-refractivity contribution in [3.05, 3.63) is 35.4 Å². The van der Waals surface area contributed by atoms with Gasteiger partial charge in [-0.05, 0) is 37.5 Å². The molecule has 1 aliphatic heterocycles. The summed E-state index contributed by atoms with van der Waals surface area (Å²) in [5, 5.41) is 12.5. The zero-order valence-electron chi connectivity index (χ0n) is 12.7. The highest BCUT2D eigenvalue weighted by Crippen LogP contribution is 2.19. The number of rotatable bonds is 5. The van der Waals surface area contributed by atoms with Crippen molar-refractivity contribution in [1.29, 1.82) is 0 Å². The zero-order valence-corrected chi connectivity index (χ0v) is 12.7. The fraction of sp³-hybridized carbons (Fsp3) is 0.467. The molecule has 0 saturated carbocycles. The molecular weight excluding hydrogens is 307 g/mol. The standard InChI is InChI=1S/C15H18BF2NO4/c1-9(20)4-13-2-3-14(16(22)23-13)19-15(21)7-10-5-11(17)8-12(18)6-10/h5-6,8,13-14,22H,2-4,7H2,1H3,(H,19,21)/t13-,14-/m0/s1. The second-order valence-electron chi connectivity index (χ2n) is 5.76. The van der Waals surface area contributed by atoms with Crippen LogP contribution in [0, 0.1) is 11.6 Å². The number of carbonyl (C=O) groups excluding carboxylic acids is 2. The second kappa shape index (κ2) is 7.65. The summed E-state index contributed by atoms with van der Waals surface area (Å²) in [6.07, 6.45) is 0.668. The van der Waals surface area contributed by atoms with Crippen LogP contribution in [0.15, 0.2) is 18.2 Å². The molecule has 8 heteroatoms. The maximum atomic E-state index is 13.1. The van der Waals surface area contributed by atoms with Gasteiger partial charge in [-0.1, -0.05) is 0 Å². The van der Waals surface area contributed by atoms with E-state index in [9.17, 15) is 23.4 Å². The van der Waals surface area contributed by atoms with Crippen LogP contribution in [0.25, 0.3) is 0 Å². The summed E-state index contributed by atoms with van der Waals surface area (Å²) in [6, 6.07) is 2.90. The number of amides is 1. The Morgan fingerprint density at radius 2 is 1.96 bits per heavy atom. The summed E-state index contributed by atoms with van der Waals surface area (Å²) in [5.41, 5.74) is 0.209. The molecule has 1 aliphatic rings. The third-order valence-electron chi connectivity index (χ3n) is 3.62. The Morgan fingerprint density at radius 1 is 1.30 bits per heavy atom. The molecule has 1 aromatic carbocycles. The van der Waals surface area contributed by atoms with Crippen LogP contribution in [0.3, 0.4) is 0 Å². The van der Waals surface area contributed by atoms with Crippen molar-refractivity contribution in [2.24, 2.45) is 0 Å². The van der Waals surface area contributed by atoms with Crippen molar-refractivity contribution in [2.75, 3.05) is 0 Å². The summed E-state index contributed by atoms with van der Waals surface area (Å²) in [6.45, 7) is 1.45. The largest absolute Gasteiger partial charge is 0.478 e. The normalized spacial score (nSPS) is 21.1. The molecule has 2 atom stereocenters. The highest BCUT2D eigenvalue weighted by atomic mass is 19.1. The smallest absolute Gasteiger partial charge is 0.426 e. The number of halogens is 2. The van der Waals surface area contributed by atoms with Gasteiger partial charge in [-0.15, -0.1) is 0 Å². The van der Waals surface area contributed by atoms with Gasteiger partial charge in [0, 0.05) is 18.6 Å². The quantitative estimate of drug-likeness (QED) is 0.797. The number of Topliss-reactive ketones (excluding diaryl/α,β-unsaturated/α-hetero) is 1. The molecule has 0 spiro atoms. The van der Waals surface area contributed by atoms with Crippen LogP contribution >= 0.6 is 0 Å². The van der Waals surface area contributed by atoms with E-state index in [4.69, 9.17) is 4.65 Å². The minimum atomic E-state index is -1.21. The first kappa shape index (κ1) is 17.6. The van der Waals surface area contributed by atoms with Crippen molar-refractivity contribution in [3.63, 3.8) is 0 Å². The highest BCUT2D eigenvalue weighted by Gasteiger charge is 2.36. The van der Waals surface area contributed by atoms with Crippen LogP contribution in [0.2, 0.25) is 0 Å². The number of benzene rings is 1. The molecule has 0 aliphatic carbocycles. The van der Waals surface area contributed by atoms with Gasteiger partial charge in [0.05, 0.1) is 12.4 Å². The van der Waals surface area contributed by atoms with Crippen molar-refractivity contribution in [1.82, 2.24) is 5.32 Å². The first-order valence-electron chi connectivity index (χ1n) is 7.41. The van der Waals surface area contributed by atoms with Gasteiger partial charge in [0.1, 0.15) is 17.4 Å². The molecule has 5 nitrogen and oxygen atoms in total. The lowest BCUT2D eigenvalue weighted by Gasteiger charge is -2.31. The topological polar surface area (TPSA) is 75.6 Å². The summed E-state index contributed by atoms with van der Waals surface area (Å²) in [4.78, 5) is 23.0. The third-order valence-corrected chi connectivity index (χ3v) is 3.62. The molecule has 1 aromatic rings. The Balaban J connectivity index is 1.87. The summed E-state index contributed by atoms with van der Waals surface area (Å²) >= 11 is 0. The van der Waals surface area contributed by atoms with Crippen LogP contribution in [-0.4, -0.2) is 35.9 Å². The molecule has 0 bridgehead atoms. The van der Waals surface area contributed by atoms with E-state index in [2.05, 4.69) is 5.32 Å². The molecule has 1 saturated heterocycles. The number of hydrogen-bond donors (Lipinski definition) is 2. The molecule has 23 heavy (non-hydrogen) atoms. The maximum absolute atomic E-state index is 13.1. The fourth-order valence-corrected chi connectivity index (χ4v) is 2.64. The highest BCUT2D eigenvalue weighted by molar-refractivity contribution is 6.45. The van der Waals surface area contributed by atoms with E-state index in [0.717, 1.165) is 18.2 Å². The molecule has 0 radical (unpaired) electrons. The Bertz CT molecular complexity index is 579. The van der Waals surface area contributed by atoms with E-state index in [1.54, 1.807) is 0 Å². The van der Waals surface area contributed by atoms with Gasteiger partial charge in [0.2, 0.25) is 5.91 Å². The lowest BCUT2D eigenvalue weighted by atomic mass is 9.72. The summed E-state index contributed by atoms with van der Waals surface area (Å²) in [7, 11) is -1.21. The van der Waals surface area contributed by atoms with Gasteiger partial charge in [-0.2, -0.15) is 0 Å². The van der Waals surface area contributed by atoms with Gasteiger partial charge in [-0.3, -0.25) is 9.59 Å². The number of hydrogen-bond acceptors (Lipinski definition) is 4. The molecule has 1 heterocycles. The van der Waals surface area contributed by atoms with E-state index in [1.807, 2.05) is 0 Å². The van der Waals surface area contributed by atoms with E-state index in [-0.39, 0.29) is 30.3 Å². The van der Waals surface area contributed by atoms with Crippen LogP contribution in [0.5, 0.6) is 0 Å². The molecule has 0 unspecified atom stereocenters. The molecule has 2 rings (SSSR count). The molecule has 1 fully saturated rings. The SMILES string of the molecule is CC(=O)C[C@@H]1CC[C@H](NC(=O)Cc2cc(F)cc(F)c2)B(O)O1. The summed E-state index contributed by atoms with van der Waals surface area (Å²) < 4.78 is 31.5. The first-order valence-corrected chi connectivity index (χ1v) is 7.41. The Labute approximate surface area is 133 Å². The molecule has 2 N–H and O–H groups in total. The third kappa shape index (κ3) is 5.40. The van der Waals surface area contributed by atoms with E-state index >= 15 is 0 Å². The Hall–Kier alpha value is -1.80. The van der Waals surface area contributed by atoms with Gasteiger partial charge >= 0.3 is 7.12 Å². The van der Waals surface area contributed by atoms with Crippen molar-refractivity contribution in [3.8, 4) is 0 Å². The average Bonchev–Trinajstić information content (AvgIpc) is 2.40. The average molecular weight is 325 g/mol. The minimum Gasteiger partial charge on any atom is -0.426 e. The summed E-state index contributed by atoms with van der Waals surface area (Å²) in [5.74, 6) is -2.60. The van der Waals surface area contributed by atoms with Crippen LogP contribution in [-0.2, 0) is 20.7 Å². The lowest BCUT2D eigenvalue weighted by molar-refractivity contribution is -0.122. The molecule has 124 valence electrons. The zero-order chi connectivity index (χ0) is 17.0. The lowest BCUT2D eigenvalue weighted by Crippen LogP contribution is -2.53. The van der Waals surface area contributed by atoms with Crippen LogP contribution in [0.4, 0.5) is 8.78 Å². The number of nitrogens with one attached hydrogen (secondary N) is 1. The predicted molar refractivity (Wildman–Crippen MR) is 79.4 cm³/mol. The first-order chi connectivity index (χ1) is 10.8. The van der Waals surface area contributed by atoms with Gasteiger partial charge in [0.25, 0.3) is 0 Å². The van der Waals surface area contributed by atoms with Crippen molar-refractivity contribution < 1.29 is 28.0 Å². The monoisotopic (exact) mass is 325 g/mol. The fourth-order valence-electron chi connectivity index (χ4n) is 2.64. The minimum absolute atomic E-state index is 0.0298. The Morgan fingerprint density at radius 3 is 2.52 bits per heavy atom. The molecule has 0 aromatic heterocycles. The van der Waals surface area contributed by atoms with Gasteiger partial charge in [0.15, 0.2) is 0 Å². The van der Waals surface area contributed by atoms with Crippen LogP contribution in [0.1, 0.15) is 31.7 Å². The van der Waals surface area contributed by atoms with E-state index < -0.39 is 30.6 Å². The molecular formula is C15H18BF2NO4. The number of carbonyl (C=O) groups is 2. The Kier molecular flexibility index (Phi) is 5.84. The molecule has 1 amide bonds. The maximum Gasteiger partial charge on any atom is 0.478 e. The van der Waals surface area contributed by atoms with E-state index in [0.29, 0.717) is 12.8 Å². The van der Waals surface area contributed by atoms with Crippen molar-refractivity contribution >= 4 is 18.8 Å².